The molecule has 2 unspecified atom stereocenters. The number of aliphatic hydroxyl groups is 4. The van der Waals surface area contributed by atoms with Crippen molar-refractivity contribution in [2.45, 2.75) is 12.2 Å². The normalized spacial score (nSPS) is 12.8. The minimum Gasteiger partial charge on any atom is -0.394 e. The van der Waals surface area contributed by atoms with Crippen LogP contribution < -0.4 is 5.32 Å². The van der Waals surface area contributed by atoms with Crippen molar-refractivity contribution in [1.82, 2.24) is 9.80 Å². The Hall–Kier alpha value is -0.0500. The van der Waals surface area contributed by atoms with Gasteiger partial charge in [0, 0.05) is 30.8 Å². The van der Waals surface area contributed by atoms with E-state index in [0.717, 1.165) is 0 Å². The summed E-state index contributed by atoms with van der Waals surface area (Å²) in [6.07, 6.45) is -2.27. The molecule has 0 aliphatic carbocycles. The number of likely N-dealkylation sites (N-methyl/N-ethyl adjacent to an activating group) is 2. The lowest BCUT2D eigenvalue weighted by atomic mass is 10.1. The highest BCUT2D eigenvalue weighted by Crippen LogP contribution is 2.37. The minimum atomic E-state index is -1.13. The zero-order valence-electron chi connectivity index (χ0n) is 17.8. The summed E-state index contributed by atoms with van der Waals surface area (Å²) >= 11 is 11.4. The summed E-state index contributed by atoms with van der Waals surface area (Å²) in [5.41, 5.74) is 0.767. The summed E-state index contributed by atoms with van der Waals surface area (Å²) in [5.74, 6) is -1.47. The minimum absolute atomic E-state index is 0.116. The Kier molecular flexibility index (Phi) is 13.6. The maximum absolute atomic E-state index is 13.3. The zero-order valence-corrected chi connectivity index (χ0v) is 25.0. The van der Waals surface area contributed by atoms with E-state index in [9.17, 15) is 24.6 Å². The average molecular weight is 824 g/mol. The standard InChI is InChI=1S/C19H25ClI3N3O7/c1-25(5-10(30)7-27)18(32)12-14(21)13(19(33)26(2)6-11(31)8-28)16(23)17(15(12)22)24-4-9(29)3-20/h10-11,24,27-28,30-31H,3-8H2,1-2H3. The highest BCUT2D eigenvalue weighted by atomic mass is 127. The van der Waals surface area contributed by atoms with Gasteiger partial charge in [-0.15, -0.1) is 11.6 Å². The fraction of sp³-hybridized carbons (Fsp3) is 0.526. The van der Waals surface area contributed by atoms with Gasteiger partial charge in [-0.05, 0) is 67.8 Å². The van der Waals surface area contributed by atoms with Gasteiger partial charge in [-0.1, -0.05) is 0 Å². The second-order valence-electron chi connectivity index (χ2n) is 7.14. The third-order valence-electron chi connectivity index (χ3n) is 4.44. The molecular formula is C19H25ClI3N3O7. The van der Waals surface area contributed by atoms with Crippen LogP contribution in [0.2, 0.25) is 0 Å². The second kappa shape index (κ2) is 14.5. The van der Waals surface area contributed by atoms with Crippen molar-refractivity contribution in [3.63, 3.8) is 0 Å². The number of anilines is 1. The first kappa shape index (κ1) is 31.0. The molecule has 10 nitrogen and oxygen atoms in total. The van der Waals surface area contributed by atoms with Crippen molar-refractivity contribution < 1.29 is 34.8 Å². The number of carbonyl (C=O) groups excluding carboxylic acids is 3. The van der Waals surface area contributed by atoms with Gasteiger partial charge in [-0.3, -0.25) is 14.4 Å². The molecule has 1 rings (SSSR count). The van der Waals surface area contributed by atoms with Gasteiger partial charge < -0.3 is 35.5 Å². The lowest BCUT2D eigenvalue weighted by molar-refractivity contribution is -0.115. The van der Waals surface area contributed by atoms with Gasteiger partial charge in [-0.2, -0.15) is 0 Å². The topological polar surface area (TPSA) is 151 Å². The van der Waals surface area contributed by atoms with Crippen LogP contribution in [0, 0.1) is 10.7 Å². The van der Waals surface area contributed by atoms with Crippen molar-refractivity contribution >= 4 is 103 Å². The number of Topliss-reactive ketones (excluding diaryl/α,β-unsaturated/α-hetero) is 1. The second-order valence-corrected chi connectivity index (χ2v) is 10.6. The maximum Gasteiger partial charge on any atom is 0.255 e. The predicted octanol–water partition coefficient (Wildman–Crippen LogP) is 0.571. The van der Waals surface area contributed by atoms with Gasteiger partial charge >= 0.3 is 0 Å². The van der Waals surface area contributed by atoms with Crippen LogP contribution in [0.3, 0.4) is 0 Å². The maximum atomic E-state index is 13.3. The van der Waals surface area contributed by atoms with Crippen molar-refractivity contribution in [3.8, 4) is 0 Å². The number of hydrogen-bond donors (Lipinski definition) is 5. The first-order valence-corrected chi connectivity index (χ1v) is 13.3. The van der Waals surface area contributed by atoms with Gasteiger partial charge in [0.15, 0.2) is 5.78 Å². The highest BCUT2D eigenvalue weighted by molar-refractivity contribution is 14.1. The molecule has 0 radical (unpaired) electrons. The molecule has 0 aliphatic rings. The molecule has 33 heavy (non-hydrogen) atoms. The molecule has 0 aromatic heterocycles. The summed E-state index contributed by atoms with van der Waals surface area (Å²) < 4.78 is 1.28. The van der Waals surface area contributed by atoms with Crippen molar-refractivity contribution in [2.75, 3.05) is 58.1 Å². The molecule has 5 N–H and O–H groups in total. The Morgan fingerprint density at radius 2 is 1.27 bits per heavy atom. The van der Waals surface area contributed by atoms with E-state index in [2.05, 4.69) is 5.32 Å². The molecular weight excluding hydrogens is 798 g/mol. The largest absolute Gasteiger partial charge is 0.394 e. The fourth-order valence-electron chi connectivity index (χ4n) is 2.72. The quantitative estimate of drug-likeness (QED) is 0.152. The number of amides is 2. The van der Waals surface area contributed by atoms with Crippen LogP contribution in [-0.4, -0.2) is 113 Å². The van der Waals surface area contributed by atoms with Crippen LogP contribution in [-0.2, 0) is 4.79 Å². The molecule has 0 heterocycles. The summed E-state index contributed by atoms with van der Waals surface area (Å²) in [7, 11) is 2.92. The molecule has 1 aromatic carbocycles. The molecule has 1 aromatic rings. The summed E-state index contributed by atoms with van der Waals surface area (Å²) in [5, 5.41) is 40.7. The summed E-state index contributed by atoms with van der Waals surface area (Å²) in [4.78, 5) is 40.8. The molecule has 0 spiro atoms. The van der Waals surface area contributed by atoms with E-state index in [4.69, 9.17) is 21.8 Å². The molecule has 2 atom stereocenters. The van der Waals surface area contributed by atoms with Gasteiger partial charge in [0.1, 0.15) is 0 Å². The SMILES string of the molecule is CN(CC(O)CO)C(=O)c1c(I)c(NCC(=O)CCl)c(I)c(C(=O)N(C)CC(O)CO)c1I. The Balaban J connectivity index is 3.63. The molecule has 0 bridgehead atoms. The van der Waals surface area contributed by atoms with E-state index in [1.807, 2.05) is 67.8 Å². The van der Waals surface area contributed by atoms with Crippen LogP contribution in [0.4, 0.5) is 5.69 Å². The van der Waals surface area contributed by atoms with Crippen LogP contribution >= 0.6 is 79.4 Å². The monoisotopic (exact) mass is 823 g/mol. The molecule has 14 heteroatoms. The first-order valence-electron chi connectivity index (χ1n) is 9.51. The molecule has 0 saturated carbocycles. The van der Waals surface area contributed by atoms with Gasteiger partial charge in [0.2, 0.25) is 0 Å². The predicted molar refractivity (Wildman–Crippen MR) is 149 cm³/mol. The molecule has 2 amide bonds. The Bertz CT molecular complexity index is 834. The lowest BCUT2D eigenvalue weighted by Crippen LogP contribution is -2.39. The van der Waals surface area contributed by atoms with E-state index in [1.165, 1.54) is 23.9 Å². The van der Waals surface area contributed by atoms with E-state index >= 15 is 0 Å². The van der Waals surface area contributed by atoms with E-state index in [-0.39, 0.29) is 42.4 Å². The van der Waals surface area contributed by atoms with Crippen LogP contribution in [0.15, 0.2) is 0 Å². The number of hydrogen-bond acceptors (Lipinski definition) is 8. The summed E-state index contributed by atoms with van der Waals surface area (Å²) in [6.45, 7) is -1.42. The Morgan fingerprint density at radius 1 is 0.879 bits per heavy atom. The van der Waals surface area contributed by atoms with E-state index < -0.39 is 37.2 Å². The molecule has 0 saturated heterocycles. The number of nitrogens with zero attached hydrogens (tertiary/aromatic N) is 2. The van der Waals surface area contributed by atoms with Crippen molar-refractivity contribution in [1.29, 1.82) is 0 Å². The van der Waals surface area contributed by atoms with Crippen LogP contribution in [0.1, 0.15) is 20.7 Å². The third kappa shape index (κ3) is 8.25. The Labute approximate surface area is 237 Å². The number of aliphatic hydroxyl groups excluding tert-OH is 4. The smallest absolute Gasteiger partial charge is 0.255 e. The van der Waals surface area contributed by atoms with Crippen LogP contribution in [0.25, 0.3) is 0 Å². The van der Waals surface area contributed by atoms with E-state index in [1.54, 1.807) is 0 Å². The molecule has 186 valence electrons. The number of ketones is 1. The van der Waals surface area contributed by atoms with E-state index in [0.29, 0.717) is 16.4 Å². The number of alkyl halides is 1. The highest BCUT2D eigenvalue weighted by Gasteiger charge is 2.31. The lowest BCUT2D eigenvalue weighted by Gasteiger charge is -2.26. The van der Waals surface area contributed by atoms with Gasteiger partial charge in [0.25, 0.3) is 11.8 Å². The number of halogens is 4. The van der Waals surface area contributed by atoms with Gasteiger partial charge in [-0.25, -0.2) is 0 Å². The molecule has 0 fully saturated rings. The number of nitrogens with one attached hydrogen (secondary N) is 1. The zero-order chi connectivity index (χ0) is 25.5. The number of rotatable bonds is 12. The summed E-state index contributed by atoms with van der Waals surface area (Å²) in [6, 6.07) is 0. The fourth-order valence-corrected chi connectivity index (χ4v) is 7.29. The average Bonchev–Trinajstić information content (AvgIpc) is 2.77. The van der Waals surface area contributed by atoms with Crippen LogP contribution in [0.5, 0.6) is 0 Å². The van der Waals surface area contributed by atoms with Gasteiger partial charge in [0.05, 0.1) is 61.8 Å². The Morgan fingerprint density at radius 3 is 1.61 bits per heavy atom. The molecule has 0 aliphatic heterocycles. The number of carbonyl (C=O) groups is 3. The first-order chi connectivity index (χ1) is 15.4. The van der Waals surface area contributed by atoms with Crippen molar-refractivity contribution in [2.24, 2.45) is 0 Å². The van der Waals surface area contributed by atoms with Crippen molar-refractivity contribution in [3.05, 3.63) is 21.8 Å². The number of benzene rings is 1. The third-order valence-corrected chi connectivity index (χ3v) is 7.97.